The van der Waals surface area contributed by atoms with E-state index in [4.69, 9.17) is 16.3 Å². The van der Waals surface area contributed by atoms with Gasteiger partial charge in [0.25, 0.3) is 0 Å². The summed E-state index contributed by atoms with van der Waals surface area (Å²) in [6.45, 7) is 2.21. The van der Waals surface area contributed by atoms with Crippen LogP contribution in [0.1, 0.15) is 18.4 Å². The topological polar surface area (TPSA) is 58.6 Å². The molecule has 2 rings (SSSR count). The molecule has 0 radical (unpaired) electrons. The van der Waals surface area contributed by atoms with E-state index in [1.807, 2.05) is 12.1 Å². The number of nitrogens with zero attached hydrogens (tertiary/aromatic N) is 1. The first kappa shape index (κ1) is 16.8. The van der Waals surface area contributed by atoms with Crippen LogP contribution in [0.25, 0.3) is 0 Å². The summed E-state index contributed by atoms with van der Waals surface area (Å²) in [6.07, 6.45) is 1.08. The van der Waals surface area contributed by atoms with Gasteiger partial charge < -0.3 is 15.0 Å². The van der Waals surface area contributed by atoms with Gasteiger partial charge in [0.1, 0.15) is 0 Å². The fourth-order valence-electron chi connectivity index (χ4n) is 2.50. The first-order valence-electron chi connectivity index (χ1n) is 7.39. The highest BCUT2D eigenvalue weighted by molar-refractivity contribution is 6.30. The number of hydrogen-bond acceptors (Lipinski definition) is 3. The second-order valence-electron chi connectivity index (χ2n) is 5.43. The predicted octanol–water partition coefficient (Wildman–Crippen LogP) is 1.84. The molecule has 0 bridgehead atoms. The van der Waals surface area contributed by atoms with E-state index >= 15 is 0 Å². The van der Waals surface area contributed by atoms with Crippen molar-refractivity contribution >= 4 is 23.4 Å². The Morgan fingerprint density at radius 2 is 2.14 bits per heavy atom. The van der Waals surface area contributed by atoms with Crippen LogP contribution in [0.2, 0.25) is 5.02 Å². The number of methoxy groups -OCH3 is 1. The van der Waals surface area contributed by atoms with Crippen LogP contribution in [-0.2, 0) is 20.9 Å². The summed E-state index contributed by atoms with van der Waals surface area (Å²) in [5.74, 6) is -0.289. The first-order valence-corrected chi connectivity index (χ1v) is 7.77. The highest BCUT2D eigenvalue weighted by Crippen LogP contribution is 2.18. The van der Waals surface area contributed by atoms with Crippen LogP contribution >= 0.6 is 11.6 Å². The molecule has 1 N–H and O–H groups in total. The number of hydrogen-bond donors (Lipinski definition) is 1. The zero-order chi connectivity index (χ0) is 15.9. The quantitative estimate of drug-likeness (QED) is 0.779. The van der Waals surface area contributed by atoms with Crippen molar-refractivity contribution in [2.45, 2.75) is 19.4 Å². The molecule has 1 unspecified atom stereocenters. The van der Waals surface area contributed by atoms with E-state index in [2.05, 4.69) is 5.32 Å². The highest BCUT2D eigenvalue weighted by Gasteiger charge is 2.33. The second-order valence-corrected chi connectivity index (χ2v) is 5.87. The number of benzene rings is 1. The third-order valence-electron chi connectivity index (χ3n) is 3.74. The lowest BCUT2D eigenvalue weighted by Gasteiger charge is -2.16. The Labute approximate surface area is 135 Å². The lowest BCUT2D eigenvalue weighted by molar-refractivity contribution is -0.129. The van der Waals surface area contributed by atoms with Crippen molar-refractivity contribution in [3.63, 3.8) is 0 Å². The Morgan fingerprint density at radius 1 is 1.41 bits per heavy atom. The largest absolute Gasteiger partial charge is 0.385 e. The van der Waals surface area contributed by atoms with Crippen LogP contribution < -0.4 is 5.32 Å². The van der Waals surface area contributed by atoms with Crippen molar-refractivity contribution in [1.29, 1.82) is 0 Å². The van der Waals surface area contributed by atoms with Gasteiger partial charge >= 0.3 is 0 Å². The van der Waals surface area contributed by atoms with Crippen LogP contribution in [0.5, 0.6) is 0 Å². The molecule has 1 aromatic rings. The van der Waals surface area contributed by atoms with E-state index in [0.29, 0.717) is 37.7 Å². The molecule has 6 heteroatoms. The van der Waals surface area contributed by atoms with Crippen molar-refractivity contribution in [3.8, 4) is 0 Å². The van der Waals surface area contributed by atoms with Crippen molar-refractivity contribution < 1.29 is 14.3 Å². The molecular weight excluding hydrogens is 304 g/mol. The molecule has 1 aliphatic rings. The van der Waals surface area contributed by atoms with E-state index in [9.17, 15) is 9.59 Å². The van der Waals surface area contributed by atoms with Crippen molar-refractivity contribution in [3.05, 3.63) is 34.9 Å². The molecule has 0 aromatic heterocycles. The molecule has 2 amide bonds. The molecule has 1 aliphatic heterocycles. The van der Waals surface area contributed by atoms with Gasteiger partial charge in [-0.1, -0.05) is 23.7 Å². The van der Waals surface area contributed by atoms with Crippen molar-refractivity contribution in [2.75, 3.05) is 26.8 Å². The summed E-state index contributed by atoms with van der Waals surface area (Å²) in [4.78, 5) is 25.8. The van der Waals surface area contributed by atoms with E-state index in [1.54, 1.807) is 24.1 Å². The average molecular weight is 325 g/mol. The first-order chi connectivity index (χ1) is 10.6. The van der Waals surface area contributed by atoms with Gasteiger partial charge in [-0.3, -0.25) is 9.59 Å². The molecule has 1 fully saturated rings. The minimum absolute atomic E-state index is 0.0442. The standard InChI is InChI=1S/C16H21ClN2O3/c1-22-8-2-7-19-11-13(9-15(19)20)16(21)18-10-12-3-5-14(17)6-4-12/h3-6,13H,2,7-11H2,1H3,(H,18,21). The summed E-state index contributed by atoms with van der Waals surface area (Å²) in [6, 6.07) is 7.33. The molecule has 0 spiro atoms. The Morgan fingerprint density at radius 3 is 2.82 bits per heavy atom. The maximum Gasteiger partial charge on any atom is 0.225 e. The van der Waals surface area contributed by atoms with Crippen LogP contribution in [0.15, 0.2) is 24.3 Å². The number of carbonyl (C=O) groups is 2. The number of rotatable bonds is 7. The minimum atomic E-state index is -0.262. The molecule has 0 saturated carbocycles. The number of carbonyl (C=O) groups excluding carboxylic acids is 2. The normalized spacial score (nSPS) is 17.8. The molecule has 1 atom stereocenters. The fourth-order valence-corrected chi connectivity index (χ4v) is 2.63. The summed E-state index contributed by atoms with van der Waals surface area (Å²) in [5.41, 5.74) is 0.985. The van der Waals surface area contributed by atoms with Gasteiger partial charge in [0.2, 0.25) is 11.8 Å². The van der Waals surface area contributed by atoms with Gasteiger partial charge in [-0.15, -0.1) is 0 Å². The van der Waals surface area contributed by atoms with Gasteiger partial charge in [-0.2, -0.15) is 0 Å². The van der Waals surface area contributed by atoms with E-state index in [-0.39, 0.29) is 17.7 Å². The summed E-state index contributed by atoms with van der Waals surface area (Å²) in [7, 11) is 1.64. The van der Waals surface area contributed by atoms with Crippen LogP contribution in [0, 0.1) is 5.92 Å². The Hall–Kier alpha value is -1.59. The number of ether oxygens (including phenoxy) is 1. The van der Waals surface area contributed by atoms with Gasteiger partial charge in [-0.25, -0.2) is 0 Å². The monoisotopic (exact) mass is 324 g/mol. The molecule has 5 nitrogen and oxygen atoms in total. The van der Waals surface area contributed by atoms with Gasteiger partial charge in [0, 0.05) is 44.8 Å². The van der Waals surface area contributed by atoms with Crippen molar-refractivity contribution in [1.82, 2.24) is 10.2 Å². The van der Waals surface area contributed by atoms with Crippen molar-refractivity contribution in [2.24, 2.45) is 5.92 Å². The molecular formula is C16H21ClN2O3. The molecule has 1 saturated heterocycles. The zero-order valence-electron chi connectivity index (χ0n) is 12.7. The SMILES string of the molecule is COCCCN1CC(C(=O)NCc2ccc(Cl)cc2)CC1=O. The number of nitrogens with one attached hydrogen (secondary N) is 1. The summed E-state index contributed by atoms with van der Waals surface area (Å²) < 4.78 is 4.98. The third-order valence-corrected chi connectivity index (χ3v) is 3.99. The van der Waals surface area contributed by atoms with E-state index < -0.39 is 0 Å². The number of halogens is 1. The van der Waals surface area contributed by atoms with Gasteiger partial charge in [0.05, 0.1) is 5.92 Å². The lowest BCUT2D eigenvalue weighted by Crippen LogP contribution is -2.33. The lowest BCUT2D eigenvalue weighted by atomic mass is 10.1. The Bertz CT molecular complexity index is 519. The minimum Gasteiger partial charge on any atom is -0.385 e. The zero-order valence-corrected chi connectivity index (χ0v) is 13.4. The summed E-state index contributed by atoms with van der Waals surface area (Å²) in [5, 5.41) is 3.55. The fraction of sp³-hybridized carbons (Fsp3) is 0.500. The average Bonchev–Trinajstić information content (AvgIpc) is 2.88. The van der Waals surface area contributed by atoms with E-state index in [0.717, 1.165) is 12.0 Å². The molecule has 22 heavy (non-hydrogen) atoms. The number of likely N-dealkylation sites (tertiary alicyclic amines) is 1. The molecule has 120 valence electrons. The maximum absolute atomic E-state index is 12.2. The van der Waals surface area contributed by atoms with E-state index in [1.165, 1.54) is 0 Å². The summed E-state index contributed by atoms with van der Waals surface area (Å²) >= 11 is 5.82. The highest BCUT2D eigenvalue weighted by atomic mass is 35.5. The molecule has 1 heterocycles. The van der Waals surface area contributed by atoms with Gasteiger partial charge in [0.15, 0.2) is 0 Å². The molecule has 1 aromatic carbocycles. The van der Waals surface area contributed by atoms with Crippen LogP contribution in [0.4, 0.5) is 0 Å². The Balaban J connectivity index is 1.78. The smallest absolute Gasteiger partial charge is 0.225 e. The van der Waals surface area contributed by atoms with Crippen LogP contribution in [0.3, 0.4) is 0 Å². The predicted molar refractivity (Wildman–Crippen MR) is 84.5 cm³/mol. The maximum atomic E-state index is 12.2. The second kappa shape index (κ2) is 8.15. The third kappa shape index (κ3) is 4.71. The molecule has 0 aliphatic carbocycles. The number of amides is 2. The van der Waals surface area contributed by atoms with Gasteiger partial charge in [-0.05, 0) is 24.1 Å². The van der Waals surface area contributed by atoms with Crippen LogP contribution in [-0.4, -0.2) is 43.5 Å². The Kier molecular flexibility index (Phi) is 6.21.